The third-order valence-corrected chi connectivity index (χ3v) is 6.00. The van der Waals surface area contributed by atoms with Gasteiger partial charge in [0, 0.05) is 6.04 Å². The van der Waals surface area contributed by atoms with Crippen LogP contribution in [0.2, 0.25) is 5.15 Å². The van der Waals surface area contributed by atoms with E-state index >= 15 is 0 Å². The summed E-state index contributed by atoms with van der Waals surface area (Å²) in [5, 5.41) is 0.444. The first-order valence-corrected chi connectivity index (χ1v) is 8.57. The number of nitrogens with zero attached hydrogens (tertiary/aromatic N) is 4. The third-order valence-electron chi connectivity index (χ3n) is 5.72. The normalized spacial score (nSPS) is 29.4. The molecule has 0 spiro atoms. The second kappa shape index (κ2) is 5.03. The van der Waals surface area contributed by atoms with E-state index in [1.165, 1.54) is 31.2 Å². The van der Waals surface area contributed by atoms with Crippen LogP contribution in [0.1, 0.15) is 36.8 Å². The Morgan fingerprint density at radius 3 is 2.61 bits per heavy atom. The Morgan fingerprint density at radius 1 is 0.957 bits per heavy atom. The predicted molar refractivity (Wildman–Crippen MR) is 89.4 cm³/mol. The highest BCUT2D eigenvalue weighted by molar-refractivity contribution is 6.33. The lowest BCUT2D eigenvalue weighted by Gasteiger charge is -2.29. The van der Waals surface area contributed by atoms with Crippen LogP contribution in [0.5, 0.6) is 0 Å². The molecular formula is C18H17ClN4. The molecule has 0 saturated heterocycles. The second-order valence-corrected chi connectivity index (χ2v) is 7.16. The van der Waals surface area contributed by atoms with Gasteiger partial charge in [-0.05, 0) is 42.6 Å². The molecule has 5 heteroatoms. The molecule has 2 fully saturated rings. The zero-order valence-corrected chi connectivity index (χ0v) is 13.4. The first kappa shape index (κ1) is 13.5. The molecule has 0 unspecified atom stereocenters. The van der Waals surface area contributed by atoms with Gasteiger partial charge < -0.3 is 4.57 Å². The first-order valence-electron chi connectivity index (χ1n) is 8.19. The van der Waals surface area contributed by atoms with Crippen LogP contribution < -0.4 is 0 Å². The molecule has 2 bridgehead atoms. The maximum Gasteiger partial charge on any atom is 0.165 e. The van der Waals surface area contributed by atoms with Crippen molar-refractivity contribution in [3.63, 3.8) is 0 Å². The third kappa shape index (κ3) is 2.01. The zero-order valence-electron chi connectivity index (χ0n) is 12.6. The fourth-order valence-corrected chi connectivity index (χ4v) is 4.94. The Morgan fingerprint density at radius 2 is 1.83 bits per heavy atom. The summed E-state index contributed by atoms with van der Waals surface area (Å²) in [5.41, 5.74) is 3.09. The monoisotopic (exact) mass is 324 g/mol. The summed E-state index contributed by atoms with van der Waals surface area (Å²) in [5.74, 6) is 2.18. The quantitative estimate of drug-likeness (QED) is 0.662. The standard InChI is InChI=1S/C18H17ClN4/c19-17-16-18(21-9-20-17)23(10-22-16)15-8-12-6-13(15)7-14(12)11-4-2-1-3-5-11/h1-5,9-10,12-15H,6-8H2/t12-,13-,14-,15+/m1/s1. The summed E-state index contributed by atoms with van der Waals surface area (Å²) in [4.78, 5) is 12.9. The molecule has 5 rings (SSSR count). The molecule has 0 amide bonds. The Bertz CT molecular complexity index is 860. The van der Waals surface area contributed by atoms with Crippen LogP contribution in [0.4, 0.5) is 0 Å². The van der Waals surface area contributed by atoms with Gasteiger partial charge in [-0.25, -0.2) is 15.0 Å². The van der Waals surface area contributed by atoms with E-state index in [1.54, 1.807) is 0 Å². The van der Waals surface area contributed by atoms with Crippen molar-refractivity contribution in [3.05, 3.63) is 53.7 Å². The van der Waals surface area contributed by atoms with E-state index in [1.807, 2.05) is 6.33 Å². The average Bonchev–Trinajstić information content (AvgIpc) is 3.29. The van der Waals surface area contributed by atoms with Crippen LogP contribution in [0.3, 0.4) is 0 Å². The van der Waals surface area contributed by atoms with Crippen molar-refractivity contribution in [2.75, 3.05) is 0 Å². The highest BCUT2D eigenvalue weighted by Gasteiger charge is 2.47. The van der Waals surface area contributed by atoms with Gasteiger partial charge in [-0.15, -0.1) is 0 Å². The van der Waals surface area contributed by atoms with Crippen molar-refractivity contribution in [1.29, 1.82) is 0 Å². The maximum absolute atomic E-state index is 6.13. The lowest BCUT2D eigenvalue weighted by atomic mass is 9.81. The summed E-state index contributed by atoms with van der Waals surface area (Å²) in [6.07, 6.45) is 7.20. The SMILES string of the molecule is Clc1ncnc2c1ncn2[C@H]1C[C@H]2C[C@@H]1C[C@@H]2c1ccccc1. The van der Waals surface area contributed by atoms with E-state index in [0.717, 1.165) is 17.1 Å². The smallest absolute Gasteiger partial charge is 0.165 e. The molecular weight excluding hydrogens is 308 g/mol. The van der Waals surface area contributed by atoms with E-state index in [2.05, 4.69) is 49.9 Å². The van der Waals surface area contributed by atoms with Crippen LogP contribution in [0.15, 0.2) is 43.0 Å². The number of halogens is 1. The van der Waals surface area contributed by atoms with Crippen LogP contribution in [-0.2, 0) is 0 Å². The Labute approximate surface area is 139 Å². The highest BCUT2D eigenvalue weighted by Crippen LogP contribution is 2.57. The molecule has 4 atom stereocenters. The van der Waals surface area contributed by atoms with Crippen molar-refractivity contribution in [3.8, 4) is 0 Å². The van der Waals surface area contributed by atoms with Crippen LogP contribution in [0, 0.1) is 11.8 Å². The van der Waals surface area contributed by atoms with Gasteiger partial charge in [-0.1, -0.05) is 41.9 Å². The molecule has 2 aliphatic carbocycles. The number of benzene rings is 1. The summed E-state index contributed by atoms with van der Waals surface area (Å²) < 4.78 is 2.23. The lowest BCUT2D eigenvalue weighted by molar-refractivity contribution is 0.308. The zero-order chi connectivity index (χ0) is 15.4. The Hall–Kier alpha value is -1.94. The largest absolute Gasteiger partial charge is 0.312 e. The molecule has 116 valence electrons. The Kier molecular flexibility index (Phi) is 2.95. The molecule has 1 aromatic carbocycles. The molecule has 4 nitrogen and oxygen atoms in total. The van der Waals surface area contributed by atoms with E-state index in [0.29, 0.717) is 23.0 Å². The second-order valence-electron chi connectivity index (χ2n) is 6.80. The number of fused-ring (bicyclic) bond motifs is 3. The Balaban J connectivity index is 1.46. The predicted octanol–water partition coefficient (Wildman–Crippen LogP) is 4.23. The number of aromatic nitrogens is 4. The summed E-state index contributed by atoms with van der Waals surface area (Å²) in [6, 6.07) is 11.5. The number of hydrogen-bond donors (Lipinski definition) is 0. The van der Waals surface area contributed by atoms with Crippen molar-refractivity contribution >= 4 is 22.8 Å². The van der Waals surface area contributed by atoms with Crippen LogP contribution in [0.25, 0.3) is 11.2 Å². The molecule has 2 heterocycles. The molecule has 3 aromatic rings. The molecule has 23 heavy (non-hydrogen) atoms. The number of hydrogen-bond acceptors (Lipinski definition) is 3. The molecule has 0 radical (unpaired) electrons. The minimum Gasteiger partial charge on any atom is -0.312 e. The van der Waals surface area contributed by atoms with E-state index < -0.39 is 0 Å². The van der Waals surface area contributed by atoms with Crippen molar-refractivity contribution in [1.82, 2.24) is 19.5 Å². The van der Waals surface area contributed by atoms with E-state index in [4.69, 9.17) is 11.6 Å². The van der Waals surface area contributed by atoms with Gasteiger partial charge in [0.2, 0.25) is 0 Å². The molecule has 2 aromatic heterocycles. The molecule has 0 N–H and O–H groups in total. The first-order chi connectivity index (χ1) is 11.3. The number of rotatable bonds is 2. The van der Waals surface area contributed by atoms with Gasteiger partial charge in [-0.2, -0.15) is 0 Å². The van der Waals surface area contributed by atoms with Crippen molar-refractivity contribution in [2.45, 2.75) is 31.2 Å². The highest BCUT2D eigenvalue weighted by atomic mass is 35.5. The minimum atomic E-state index is 0.444. The number of imidazole rings is 1. The van der Waals surface area contributed by atoms with Crippen molar-refractivity contribution < 1.29 is 0 Å². The molecule has 0 aliphatic heterocycles. The fourth-order valence-electron chi connectivity index (χ4n) is 4.76. The summed E-state index contributed by atoms with van der Waals surface area (Å²) >= 11 is 6.13. The topological polar surface area (TPSA) is 43.6 Å². The molecule has 2 saturated carbocycles. The lowest BCUT2D eigenvalue weighted by Crippen LogP contribution is -2.20. The van der Waals surface area contributed by atoms with Gasteiger partial charge in [0.25, 0.3) is 0 Å². The van der Waals surface area contributed by atoms with Gasteiger partial charge in [0.1, 0.15) is 11.8 Å². The van der Waals surface area contributed by atoms with E-state index in [-0.39, 0.29) is 0 Å². The van der Waals surface area contributed by atoms with Crippen LogP contribution in [-0.4, -0.2) is 19.5 Å². The van der Waals surface area contributed by atoms with Gasteiger partial charge in [0.15, 0.2) is 10.8 Å². The average molecular weight is 325 g/mol. The van der Waals surface area contributed by atoms with Gasteiger partial charge >= 0.3 is 0 Å². The van der Waals surface area contributed by atoms with Crippen LogP contribution >= 0.6 is 11.6 Å². The van der Waals surface area contributed by atoms with E-state index in [9.17, 15) is 0 Å². The van der Waals surface area contributed by atoms with Gasteiger partial charge in [-0.3, -0.25) is 0 Å². The summed E-state index contributed by atoms with van der Waals surface area (Å²) in [6.45, 7) is 0. The minimum absolute atomic E-state index is 0.444. The van der Waals surface area contributed by atoms with Crippen molar-refractivity contribution in [2.24, 2.45) is 11.8 Å². The summed E-state index contributed by atoms with van der Waals surface area (Å²) in [7, 11) is 0. The maximum atomic E-state index is 6.13. The fraction of sp³-hybridized carbons (Fsp3) is 0.389. The van der Waals surface area contributed by atoms with Gasteiger partial charge in [0.05, 0.1) is 6.33 Å². The molecule has 2 aliphatic rings.